The van der Waals surface area contributed by atoms with Crippen molar-refractivity contribution in [2.75, 3.05) is 5.73 Å². The fourth-order valence-corrected chi connectivity index (χ4v) is 5.37. The quantitative estimate of drug-likeness (QED) is 0.306. The summed E-state index contributed by atoms with van der Waals surface area (Å²) in [7, 11) is 0. The van der Waals surface area contributed by atoms with Crippen molar-refractivity contribution in [2.45, 2.75) is 38.1 Å². The van der Waals surface area contributed by atoms with E-state index >= 15 is 0 Å². The van der Waals surface area contributed by atoms with Crippen LogP contribution in [-0.4, -0.2) is 14.8 Å². The zero-order chi connectivity index (χ0) is 22.6. The van der Waals surface area contributed by atoms with Crippen molar-refractivity contribution in [3.8, 4) is 22.5 Å². The molecular formula is C28H24N4O2. The van der Waals surface area contributed by atoms with Gasteiger partial charge in [0.15, 0.2) is 11.4 Å². The standard InChI is InChI=1S/C28H24N4O2/c29-28-27-22(23(15-30-28)17-14-31-32(16-17)18-7-2-1-3-8-18)13-25(34-27)21-11-6-10-20-19-9-4-5-12-24(19)33-26(20)21/h4-6,9-16,18H,1-3,7-8H2,(H2,29,30). The number of furan rings is 2. The Bertz CT molecular complexity index is 1670. The Morgan fingerprint density at radius 2 is 1.68 bits per heavy atom. The van der Waals surface area contributed by atoms with E-state index in [4.69, 9.17) is 14.6 Å². The number of aromatic nitrogens is 3. The molecule has 6 nitrogen and oxygen atoms in total. The van der Waals surface area contributed by atoms with Gasteiger partial charge >= 0.3 is 0 Å². The summed E-state index contributed by atoms with van der Waals surface area (Å²) in [6, 6.07) is 16.7. The molecule has 0 atom stereocenters. The Kier molecular flexibility index (Phi) is 4.27. The summed E-state index contributed by atoms with van der Waals surface area (Å²) in [4.78, 5) is 4.43. The van der Waals surface area contributed by atoms with Crippen LogP contribution in [0.2, 0.25) is 0 Å². The van der Waals surface area contributed by atoms with Crippen molar-refractivity contribution >= 4 is 38.7 Å². The van der Waals surface area contributed by atoms with Gasteiger partial charge in [0.2, 0.25) is 0 Å². The number of benzene rings is 2. The lowest BCUT2D eigenvalue weighted by molar-refractivity contribution is 0.329. The highest BCUT2D eigenvalue weighted by Crippen LogP contribution is 2.41. The third-order valence-corrected chi connectivity index (χ3v) is 7.12. The molecular weight excluding hydrogens is 424 g/mol. The Balaban J connectivity index is 1.37. The molecule has 0 saturated heterocycles. The summed E-state index contributed by atoms with van der Waals surface area (Å²) in [5.41, 5.74) is 11.4. The van der Waals surface area contributed by atoms with Crippen LogP contribution < -0.4 is 5.73 Å². The predicted molar refractivity (Wildman–Crippen MR) is 134 cm³/mol. The number of rotatable bonds is 3. The Hall–Kier alpha value is -4.06. The number of para-hydroxylation sites is 2. The lowest BCUT2D eigenvalue weighted by atomic mass is 9.96. The Labute approximate surface area is 196 Å². The number of nitrogens with zero attached hydrogens (tertiary/aromatic N) is 3. The van der Waals surface area contributed by atoms with Crippen molar-refractivity contribution in [3.05, 3.63) is 67.1 Å². The van der Waals surface area contributed by atoms with Crippen molar-refractivity contribution in [3.63, 3.8) is 0 Å². The molecule has 0 aliphatic heterocycles. The minimum atomic E-state index is 0.376. The molecule has 0 spiro atoms. The van der Waals surface area contributed by atoms with Gasteiger partial charge in [-0.15, -0.1) is 0 Å². The number of nitrogens with two attached hydrogens (primary N) is 1. The van der Waals surface area contributed by atoms with Crippen LogP contribution in [0, 0.1) is 0 Å². The molecule has 2 aromatic carbocycles. The van der Waals surface area contributed by atoms with Gasteiger partial charge in [-0.1, -0.05) is 49.6 Å². The van der Waals surface area contributed by atoms with Crippen LogP contribution in [0.5, 0.6) is 0 Å². The molecule has 4 aromatic heterocycles. The molecule has 34 heavy (non-hydrogen) atoms. The summed E-state index contributed by atoms with van der Waals surface area (Å²) in [5.74, 6) is 1.08. The van der Waals surface area contributed by atoms with Gasteiger partial charge in [-0.3, -0.25) is 4.68 Å². The van der Waals surface area contributed by atoms with Crippen molar-refractivity contribution in [1.29, 1.82) is 0 Å². The molecule has 1 saturated carbocycles. The molecule has 0 bridgehead atoms. The first kappa shape index (κ1) is 19.4. The number of nitrogen functional groups attached to an aromatic ring is 1. The van der Waals surface area contributed by atoms with Gasteiger partial charge in [-0.25, -0.2) is 4.98 Å². The highest BCUT2D eigenvalue weighted by atomic mass is 16.3. The first-order valence-corrected chi connectivity index (χ1v) is 11.9. The average Bonchev–Trinajstić information content (AvgIpc) is 3.62. The van der Waals surface area contributed by atoms with Crippen LogP contribution in [0.15, 0.2) is 76.0 Å². The lowest BCUT2D eigenvalue weighted by Gasteiger charge is -2.21. The van der Waals surface area contributed by atoms with E-state index in [9.17, 15) is 0 Å². The van der Waals surface area contributed by atoms with Crippen molar-refractivity contribution < 1.29 is 8.83 Å². The normalized spacial score (nSPS) is 15.1. The highest BCUT2D eigenvalue weighted by Gasteiger charge is 2.21. The molecule has 0 amide bonds. The Morgan fingerprint density at radius 3 is 2.59 bits per heavy atom. The molecule has 2 N–H and O–H groups in total. The maximum atomic E-state index is 6.30. The van der Waals surface area contributed by atoms with Crippen LogP contribution in [0.4, 0.5) is 5.82 Å². The van der Waals surface area contributed by atoms with E-state index < -0.39 is 0 Å². The van der Waals surface area contributed by atoms with E-state index in [0.29, 0.717) is 23.2 Å². The molecule has 0 radical (unpaired) electrons. The minimum Gasteiger partial charge on any atom is -0.455 e. The third kappa shape index (κ3) is 2.95. The van der Waals surface area contributed by atoms with Gasteiger partial charge in [0.25, 0.3) is 0 Å². The molecule has 4 heterocycles. The molecule has 6 aromatic rings. The van der Waals surface area contributed by atoms with Gasteiger partial charge in [0.05, 0.1) is 17.8 Å². The minimum absolute atomic E-state index is 0.376. The average molecular weight is 449 g/mol. The summed E-state index contributed by atoms with van der Waals surface area (Å²) in [6.07, 6.45) is 12.1. The van der Waals surface area contributed by atoms with Crippen LogP contribution in [0.1, 0.15) is 38.1 Å². The largest absolute Gasteiger partial charge is 0.455 e. The van der Waals surface area contributed by atoms with Crippen molar-refractivity contribution in [1.82, 2.24) is 14.8 Å². The molecule has 1 fully saturated rings. The SMILES string of the molecule is Nc1ncc(-c2cnn(C3CCCCC3)c2)c2cc(-c3cccc4c3oc3ccccc34)oc12. The number of fused-ring (bicyclic) bond motifs is 4. The van der Waals surface area contributed by atoms with Crippen LogP contribution in [0.3, 0.4) is 0 Å². The number of hydrogen-bond donors (Lipinski definition) is 1. The maximum Gasteiger partial charge on any atom is 0.177 e. The van der Waals surface area contributed by atoms with E-state index in [1.165, 1.54) is 32.1 Å². The van der Waals surface area contributed by atoms with Gasteiger partial charge in [0, 0.05) is 39.7 Å². The van der Waals surface area contributed by atoms with Gasteiger partial charge in [-0.2, -0.15) is 5.10 Å². The molecule has 1 aliphatic rings. The second-order valence-corrected chi connectivity index (χ2v) is 9.19. The monoisotopic (exact) mass is 448 g/mol. The fourth-order valence-electron chi connectivity index (χ4n) is 5.37. The van der Waals surface area contributed by atoms with E-state index in [1.807, 2.05) is 48.8 Å². The van der Waals surface area contributed by atoms with Crippen molar-refractivity contribution in [2.24, 2.45) is 0 Å². The van der Waals surface area contributed by atoms with Gasteiger partial charge < -0.3 is 14.6 Å². The van der Waals surface area contributed by atoms with E-state index in [2.05, 4.69) is 33.1 Å². The van der Waals surface area contributed by atoms with Gasteiger partial charge in [-0.05, 0) is 31.0 Å². The van der Waals surface area contributed by atoms with Crippen LogP contribution in [0.25, 0.3) is 55.4 Å². The smallest absolute Gasteiger partial charge is 0.177 e. The summed E-state index contributed by atoms with van der Waals surface area (Å²) in [6.45, 7) is 0. The molecule has 7 rings (SSSR count). The number of pyridine rings is 1. The third-order valence-electron chi connectivity index (χ3n) is 7.12. The summed E-state index contributed by atoms with van der Waals surface area (Å²) < 4.78 is 14.6. The Morgan fingerprint density at radius 1 is 0.824 bits per heavy atom. The molecule has 0 unspecified atom stereocenters. The molecule has 1 aliphatic carbocycles. The van der Waals surface area contributed by atoms with Crippen LogP contribution in [-0.2, 0) is 0 Å². The first-order valence-electron chi connectivity index (χ1n) is 11.9. The van der Waals surface area contributed by atoms with E-state index in [-0.39, 0.29) is 0 Å². The fraction of sp³-hybridized carbons (Fsp3) is 0.214. The molecule has 168 valence electrons. The second-order valence-electron chi connectivity index (χ2n) is 9.19. The molecule has 6 heteroatoms. The second kappa shape index (κ2) is 7.48. The van der Waals surface area contributed by atoms with Gasteiger partial charge in [0.1, 0.15) is 16.9 Å². The zero-order valence-corrected chi connectivity index (χ0v) is 18.7. The number of hydrogen-bond acceptors (Lipinski definition) is 5. The summed E-state index contributed by atoms with van der Waals surface area (Å²) in [5, 5.41) is 7.77. The highest BCUT2D eigenvalue weighted by molar-refractivity contribution is 6.10. The van der Waals surface area contributed by atoms with E-state index in [1.54, 1.807) is 0 Å². The van der Waals surface area contributed by atoms with Crippen LogP contribution >= 0.6 is 0 Å². The first-order chi connectivity index (χ1) is 16.8. The zero-order valence-electron chi connectivity index (χ0n) is 18.7. The lowest BCUT2D eigenvalue weighted by Crippen LogP contribution is -2.12. The maximum absolute atomic E-state index is 6.30. The topological polar surface area (TPSA) is 83.0 Å². The summed E-state index contributed by atoms with van der Waals surface area (Å²) >= 11 is 0. The van der Waals surface area contributed by atoms with E-state index in [0.717, 1.165) is 44.0 Å². The number of anilines is 1. The predicted octanol–water partition coefficient (Wildman–Crippen LogP) is 7.35.